The molecule has 4 heteroatoms. The fraction of sp³-hybridized carbons (Fsp3) is 0.231. The van der Waals surface area contributed by atoms with E-state index in [-0.39, 0.29) is 24.7 Å². The highest BCUT2D eigenvalue weighted by atomic mass is 16.2. The van der Waals surface area contributed by atoms with Crippen molar-refractivity contribution in [3.63, 3.8) is 0 Å². The number of anilines is 1. The summed E-state index contributed by atoms with van der Waals surface area (Å²) in [4.78, 5) is 24.4. The van der Waals surface area contributed by atoms with Crippen molar-refractivity contribution >= 4 is 28.3 Å². The van der Waals surface area contributed by atoms with E-state index in [0.717, 1.165) is 16.6 Å². The monoisotopic (exact) mass is 228 g/mol. The van der Waals surface area contributed by atoms with Crippen molar-refractivity contribution in [1.29, 1.82) is 0 Å². The number of Topliss-reactive ketones (excluding diaryl/α,β-unsaturated/α-hetero) is 1. The average Bonchev–Trinajstić information content (AvgIpc) is 2.82. The molecule has 17 heavy (non-hydrogen) atoms. The number of rotatable bonds is 1. The Hall–Kier alpha value is -2.10. The summed E-state index contributed by atoms with van der Waals surface area (Å²) >= 11 is 0. The molecular weight excluding hydrogens is 216 g/mol. The van der Waals surface area contributed by atoms with Crippen LogP contribution in [0.25, 0.3) is 10.9 Å². The summed E-state index contributed by atoms with van der Waals surface area (Å²) in [6.07, 6.45) is 2.01. The van der Waals surface area contributed by atoms with Gasteiger partial charge in [0.1, 0.15) is 0 Å². The Kier molecular flexibility index (Phi) is 2.04. The van der Waals surface area contributed by atoms with Crippen molar-refractivity contribution in [3.8, 4) is 0 Å². The molecule has 86 valence electrons. The molecule has 1 saturated heterocycles. The van der Waals surface area contributed by atoms with Crippen LogP contribution in [0.5, 0.6) is 0 Å². The fourth-order valence-electron chi connectivity index (χ4n) is 2.26. The first-order valence-corrected chi connectivity index (χ1v) is 5.52. The van der Waals surface area contributed by atoms with Gasteiger partial charge in [0.25, 0.3) is 0 Å². The van der Waals surface area contributed by atoms with Crippen LogP contribution in [-0.4, -0.2) is 22.8 Å². The first kappa shape index (κ1) is 10.1. The molecule has 0 bridgehead atoms. The largest absolute Gasteiger partial charge is 0.351 e. The molecule has 0 aliphatic carbocycles. The number of aromatic nitrogens is 1. The van der Waals surface area contributed by atoms with Crippen molar-refractivity contribution < 1.29 is 9.59 Å². The van der Waals surface area contributed by atoms with Gasteiger partial charge in [0.15, 0.2) is 5.78 Å². The van der Waals surface area contributed by atoms with Gasteiger partial charge in [0.2, 0.25) is 5.91 Å². The molecule has 2 heterocycles. The zero-order chi connectivity index (χ0) is 12.0. The highest BCUT2D eigenvalue weighted by Crippen LogP contribution is 2.25. The number of hydrogen-bond donors (Lipinski definition) is 0. The summed E-state index contributed by atoms with van der Waals surface area (Å²) in [6, 6.07) is 7.81. The zero-order valence-corrected chi connectivity index (χ0v) is 9.51. The molecule has 0 spiro atoms. The van der Waals surface area contributed by atoms with Gasteiger partial charge in [-0.05, 0) is 24.3 Å². The van der Waals surface area contributed by atoms with Crippen molar-refractivity contribution in [1.82, 2.24) is 4.57 Å². The van der Waals surface area contributed by atoms with E-state index in [9.17, 15) is 9.59 Å². The molecule has 0 N–H and O–H groups in total. The highest BCUT2D eigenvalue weighted by molar-refractivity contribution is 6.15. The molecule has 0 radical (unpaired) electrons. The minimum Gasteiger partial charge on any atom is -0.351 e. The van der Waals surface area contributed by atoms with Crippen LogP contribution in [0.4, 0.5) is 5.69 Å². The van der Waals surface area contributed by atoms with Gasteiger partial charge in [-0.1, -0.05) is 0 Å². The van der Waals surface area contributed by atoms with Crippen molar-refractivity contribution in [2.45, 2.75) is 6.42 Å². The van der Waals surface area contributed by atoms with Crippen molar-refractivity contribution in [2.75, 3.05) is 11.4 Å². The topological polar surface area (TPSA) is 42.3 Å². The first-order chi connectivity index (χ1) is 8.15. The van der Waals surface area contributed by atoms with Gasteiger partial charge in [-0.25, -0.2) is 0 Å². The lowest BCUT2D eigenvalue weighted by molar-refractivity contribution is -0.121. The van der Waals surface area contributed by atoms with E-state index in [1.165, 1.54) is 0 Å². The average molecular weight is 228 g/mol. The lowest BCUT2D eigenvalue weighted by Crippen LogP contribution is -2.24. The standard InChI is InChI=1S/C13H12N2O2/c1-14-5-4-9-6-10(2-3-12(9)14)15-8-11(16)7-13(15)17/h2-6H,7-8H2,1H3. The summed E-state index contributed by atoms with van der Waals surface area (Å²) in [5.74, 6) is -0.117. The molecule has 3 rings (SSSR count). The van der Waals surface area contributed by atoms with Crippen molar-refractivity contribution in [2.24, 2.45) is 7.05 Å². The third kappa shape index (κ3) is 1.53. The number of carbonyl (C=O) groups is 2. The molecule has 2 aromatic rings. The number of aryl methyl sites for hydroxylation is 1. The summed E-state index contributed by atoms with van der Waals surface area (Å²) < 4.78 is 2.02. The number of hydrogen-bond acceptors (Lipinski definition) is 2. The second kappa shape index (κ2) is 3.45. The van der Waals surface area contributed by atoms with Crippen LogP contribution in [0, 0.1) is 0 Å². The van der Waals surface area contributed by atoms with E-state index in [2.05, 4.69) is 0 Å². The summed E-state index contributed by atoms with van der Waals surface area (Å²) in [7, 11) is 1.98. The van der Waals surface area contributed by atoms with Gasteiger partial charge in [-0.2, -0.15) is 0 Å². The number of fused-ring (bicyclic) bond motifs is 1. The van der Waals surface area contributed by atoms with Crippen LogP contribution in [-0.2, 0) is 16.6 Å². The molecule has 0 unspecified atom stereocenters. The lowest BCUT2D eigenvalue weighted by Gasteiger charge is -2.14. The van der Waals surface area contributed by atoms with Gasteiger partial charge in [-0.15, -0.1) is 0 Å². The zero-order valence-electron chi connectivity index (χ0n) is 9.51. The maximum Gasteiger partial charge on any atom is 0.234 e. The lowest BCUT2D eigenvalue weighted by atomic mass is 10.2. The third-order valence-electron chi connectivity index (χ3n) is 3.16. The normalized spacial score (nSPS) is 16.2. The van der Waals surface area contributed by atoms with Crippen LogP contribution in [0.15, 0.2) is 30.5 Å². The molecule has 1 aromatic carbocycles. The number of amides is 1. The summed E-state index contributed by atoms with van der Waals surface area (Å²) in [5.41, 5.74) is 1.92. The van der Waals surface area contributed by atoms with E-state index in [4.69, 9.17) is 0 Å². The van der Waals surface area contributed by atoms with Crippen LogP contribution in [0.3, 0.4) is 0 Å². The number of carbonyl (C=O) groups excluding carboxylic acids is 2. The van der Waals surface area contributed by atoms with Gasteiger partial charge in [-0.3, -0.25) is 9.59 Å². The molecule has 4 nitrogen and oxygen atoms in total. The Morgan fingerprint density at radius 2 is 2.00 bits per heavy atom. The predicted molar refractivity (Wildman–Crippen MR) is 64.9 cm³/mol. The molecule has 1 aliphatic rings. The third-order valence-corrected chi connectivity index (χ3v) is 3.16. The molecule has 1 aliphatic heterocycles. The van der Waals surface area contributed by atoms with E-state index in [1.54, 1.807) is 4.90 Å². The van der Waals surface area contributed by atoms with Gasteiger partial charge >= 0.3 is 0 Å². The second-order valence-electron chi connectivity index (χ2n) is 4.37. The second-order valence-corrected chi connectivity index (χ2v) is 4.37. The Morgan fingerprint density at radius 3 is 2.71 bits per heavy atom. The Morgan fingerprint density at radius 1 is 1.18 bits per heavy atom. The summed E-state index contributed by atoms with van der Waals surface area (Å²) in [6.45, 7) is 0.206. The van der Waals surface area contributed by atoms with E-state index >= 15 is 0 Å². The number of benzene rings is 1. The van der Waals surface area contributed by atoms with Gasteiger partial charge in [0, 0.05) is 29.8 Å². The molecule has 0 saturated carbocycles. The Bertz CT molecular complexity index is 627. The quantitative estimate of drug-likeness (QED) is 0.694. The summed E-state index contributed by atoms with van der Waals surface area (Å²) in [5, 5.41) is 1.08. The minimum absolute atomic E-state index is 0.0110. The highest BCUT2D eigenvalue weighted by Gasteiger charge is 2.28. The Labute approximate surface area is 98.4 Å². The van der Waals surface area contributed by atoms with Gasteiger partial charge in [0.05, 0.1) is 13.0 Å². The van der Waals surface area contributed by atoms with Crippen LogP contribution < -0.4 is 4.90 Å². The van der Waals surface area contributed by atoms with Crippen molar-refractivity contribution in [3.05, 3.63) is 30.5 Å². The molecule has 0 atom stereocenters. The van der Waals surface area contributed by atoms with E-state index in [0.29, 0.717) is 0 Å². The maximum atomic E-state index is 11.6. The SMILES string of the molecule is Cn1ccc2cc(N3CC(=O)CC3=O)ccc21. The molecule has 1 fully saturated rings. The van der Waals surface area contributed by atoms with Gasteiger partial charge < -0.3 is 9.47 Å². The Balaban J connectivity index is 2.06. The smallest absolute Gasteiger partial charge is 0.234 e. The minimum atomic E-state index is -0.106. The first-order valence-electron chi connectivity index (χ1n) is 5.52. The fourth-order valence-corrected chi connectivity index (χ4v) is 2.26. The van der Waals surface area contributed by atoms with E-state index < -0.39 is 0 Å². The number of ketones is 1. The number of nitrogens with zero attached hydrogens (tertiary/aromatic N) is 2. The molecule has 1 aromatic heterocycles. The maximum absolute atomic E-state index is 11.6. The van der Waals surface area contributed by atoms with Crippen LogP contribution in [0.2, 0.25) is 0 Å². The van der Waals surface area contributed by atoms with Crippen LogP contribution in [0.1, 0.15) is 6.42 Å². The van der Waals surface area contributed by atoms with E-state index in [1.807, 2.05) is 42.1 Å². The van der Waals surface area contributed by atoms with Crippen LogP contribution >= 0.6 is 0 Å². The predicted octanol–water partition coefficient (Wildman–Crippen LogP) is 1.48. The molecule has 1 amide bonds. The molecular formula is C13H12N2O2.